The molecule has 2 amide bonds. The molecule has 1 saturated heterocycles. The van der Waals surface area contributed by atoms with Crippen LogP contribution >= 0.6 is 11.3 Å². The SMILES string of the molecule is Cc1cccc(CC(=O)N2CCN(CCNC(=O)c3cccs3)CC2)c1. The zero-order chi connectivity index (χ0) is 18.4. The van der Waals surface area contributed by atoms with Gasteiger partial charge in [0.1, 0.15) is 0 Å². The molecule has 1 fully saturated rings. The molecule has 0 bridgehead atoms. The summed E-state index contributed by atoms with van der Waals surface area (Å²) in [5, 5.41) is 4.86. The average Bonchev–Trinajstić information content (AvgIpc) is 3.17. The molecule has 26 heavy (non-hydrogen) atoms. The summed E-state index contributed by atoms with van der Waals surface area (Å²) in [5.74, 6) is 0.188. The predicted molar refractivity (Wildman–Crippen MR) is 105 cm³/mol. The Morgan fingerprint density at radius 3 is 2.62 bits per heavy atom. The highest BCUT2D eigenvalue weighted by atomic mass is 32.1. The summed E-state index contributed by atoms with van der Waals surface area (Å²) in [6.45, 7) is 6.71. The summed E-state index contributed by atoms with van der Waals surface area (Å²) in [6.07, 6.45) is 0.471. The summed E-state index contributed by atoms with van der Waals surface area (Å²) in [6, 6.07) is 11.8. The molecular weight excluding hydrogens is 346 g/mol. The Bertz CT molecular complexity index is 737. The van der Waals surface area contributed by atoms with Gasteiger partial charge in [-0.15, -0.1) is 11.3 Å². The van der Waals surface area contributed by atoms with Crippen LogP contribution in [0.15, 0.2) is 41.8 Å². The molecule has 1 N–H and O–H groups in total. The first-order valence-electron chi connectivity index (χ1n) is 8.99. The summed E-state index contributed by atoms with van der Waals surface area (Å²) < 4.78 is 0. The van der Waals surface area contributed by atoms with E-state index >= 15 is 0 Å². The molecule has 0 spiro atoms. The van der Waals surface area contributed by atoms with E-state index in [1.165, 1.54) is 16.9 Å². The summed E-state index contributed by atoms with van der Waals surface area (Å²) in [4.78, 5) is 29.4. The van der Waals surface area contributed by atoms with Gasteiger partial charge in [-0.05, 0) is 23.9 Å². The van der Waals surface area contributed by atoms with Crippen LogP contribution in [0.1, 0.15) is 20.8 Å². The van der Waals surface area contributed by atoms with E-state index in [2.05, 4.69) is 16.3 Å². The van der Waals surface area contributed by atoms with Gasteiger partial charge in [0.05, 0.1) is 11.3 Å². The highest BCUT2D eigenvalue weighted by molar-refractivity contribution is 7.12. The number of amides is 2. The van der Waals surface area contributed by atoms with E-state index in [1.54, 1.807) is 0 Å². The van der Waals surface area contributed by atoms with Crippen molar-refractivity contribution < 1.29 is 9.59 Å². The van der Waals surface area contributed by atoms with Crippen molar-refractivity contribution in [1.82, 2.24) is 15.1 Å². The van der Waals surface area contributed by atoms with Crippen LogP contribution in [0.2, 0.25) is 0 Å². The van der Waals surface area contributed by atoms with Gasteiger partial charge in [0.15, 0.2) is 0 Å². The van der Waals surface area contributed by atoms with Crippen molar-refractivity contribution in [3.8, 4) is 0 Å². The fourth-order valence-corrected chi connectivity index (χ4v) is 3.79. The maximum absolute atomic E-state index is 12.5. The average molecular weight is 372 g/mol. The molecule has 0 atom stereocenters. The highest BCUT2D eigenvalue weighted by Crippen LogP contribution is 2.09. The van der Waals surface area contributed by atoms with Crippen LogP contribution in [-0.4, -0.2) is 60.9 Å². The number of rotatable bonds is 6. The van der Waals surface area contributed by atoms with Crippen molar-refractivity contribution in [2.75, 3.05) is 39.3 Å². The van der Waals surface area contributed by atoms with E-state index < -0.39 is 0 Å². The molecule has 138 valence electrons. The molecule has 0 unspecified atom stereocenters. The van der Waals surface area contributed by atoms with E-state index in [4.69, 9.17) is 0 Å². The lowest BCUT2D eigenvalue weighted by molar-refractivity contribution is -0.132. The third kappa shape index (κ3) is 5.16. The van der Waals surface area contributed by atoms with Crippen molar-refractivity contribution in [3.05, 3.63) is 57.8 Å². The summed E-state index contributed by atoms with van der Waals surface area (Å²) >= 11 is 1.45. The maximum atomic E-state index is 12.5. The van der Waals surface area contributed by atoms with Crippen LogP contribution in [-0.2, 0) is 11.2 Å². The number of thiophene rings is 1. The van der Waals surface area contributed by atoms with Crippen LogP contribution < -0.4 is 5.32 Å². The Morgan fingerprint density at radius 2 is 1.92 bits per heavy atom. The molecule has 5 nitrogen and oxygen atoms in total. The minimum Gasteiger partial charge on any atom is -0.350 e. The molecule has 2 aromatic rings. The smallest absolute Gasteiger partial charge is 0.261 e. The minimum atomic E-state index is -0.00744. The monoisotopic (exact) mass is 371 g/mol. The van der Waals surface area contributed by atoms with Gasteiger partial charge < -0.3 is 10.2 Å². The second-order valence-corrected chi connectivity index (χ2v) is 7.57. The maximum Gasteiger partial charge on any atom is 0.261 e. The number of carbonyl (C=O) groups is 2. The number of benzene rings is 1. The lowest BCUT2D eigenvalue weighted by Gasteiger charge is -2.34. The van der Waals surface area contributed by atoms with Crippen LogP contribution in [0.25, 0.3) is 0 Å². The highest BCUT2D eigenvalue weighted by Gasteiger charge is 2.21. The number of nitrogens with zero attached hydrogens (tertiary/aromatic N) is 2. The molecule has 6 heteroatoms. The normalized spacial score (nSPS) is 15.0. The van der Waals surface area contributed by atoms with Gasteiger partial charge in [0, 0.05) is 39.3 Å². The standard InChI is InChI=1S/C20H25N3O2S/c1-16-4-2-5-17(14-16)15-19(24)23-11-9-22(10-12-23)8-7-21-20(25)18-6-3-13-26-18/h2-6,13-14H,7-12,15H2,1H3,(H,21,25). The lowest BCUT2D eigenvalue weighted by Crippen LogP contribution is -2.50. The first kappa shape index (κ1) is 18.6. The molecule has 1 aliphatic heterocycles. The lowest BCUT2D eigenvalue weighted by atomic mass is 10.1. The van der Waals surface area contributed by atoms with Crippen molar-refractivity contribution >= 4 is 23.2 Å². The fourth-order valence-electron chi connectivity index (χ4n) is 3.15. The Morgan fingerprint density at radius 1 is 1.12 bits per heavy atom. The Labute approximate surface area is 158 Å². The van der Waals surface area contributed by atoms with E-state index in [9.17, 15) is 9.59 Å². The zero-order valence-electron chi connectivity index (χ0n) is 15.1. The van der Waals surface area contributed by atoms with Crippen LogP contribution in [0.4, 0.5) is 0 Å². The first-order valence-corrected chi connectivity index (χ1v) is 9.87. The van der Waals surface area contributed by atoms with E-state index in [0.717, 1.165) is 43.2 Å². The van der Waals surface area contributed by atoms with Gasteiger partial charge in [-0.1, -0.05) is 35.9 Å². The van der Waals surface area contributed by atoms with Gasteiger partial charge in [0.2, 0.25) is 5.91 Å². The van der Waals surface area contributed by atoms with Crippen LogP contribution in [0.5, 0.6) is 0 Å². The Hall–Kier alpha value is -2.18. The first-order chi connectivity index (χ1) is 12.6. The fraction of sp³-hybridized carbons (Fsp3) is 0.400. The predicted octanol–water partition coefficient (Wildman–Crippen LogP) is 2.17. The van der Waals surface area contributed by atoms with E-state index in [0.29, 0.717) is 13.0 Å². The number of carbonyl (C=O) groups excluding carboxylic acids is 2. The minimum absolute atomic E-state index is 0.00744. The van der Waals surface area contributed by atoms with Gasteiger partial charge in [-0.2, -0.15) is 0 Å². The third-order valence-electron chi connectivity index (χ3n) is 4.62. The molecule has 0 saturated carbocycles. The quantitative estimate of drug-likeness (QED) is 0.847. The molecule has 1 aromatic carbocycles. The van der Waals surface area contributed by atoms with Gasteiger partial charge in [-0.25, -0.2) is 0 Å². The van der Waals surface area contributed by atoms with Gasteiger partial charge in [0.25, 0.3) is 5.91 Å². The van der Waals surface area contributed by atoms with Gasteiger partial charge in [-0.3, -0.25) is 14.5 Å². The molecule has 2 heterocycles. The summed E-state index contributed by atoms with van der Waals surface area (Å²) in [5.41, 5.74) is 2.26. The molecule has 1 aliphatic rings. The number of hydrogen-bond acceptors (Lipinski definition) is 4. The Balaban J connectivity index is 1.37. The van der Waals surface area contributed by atoms with Crippen LogP contribution in [0.3, 0.4) is 0 Å². The van der Waals surface area contributed by atoms with E-state index in [-0.39, 0.29) is 11.8 Å². The molecule has 0 radical (unpaired) electrons. The largest absolute Gasteiger partial charge is 0.350 e. The number of piperazine rings is 1. The number of nitrogens with one attached hydrogen (secondary N) is 1. The second kappa shape index (κ2) is 8.96. The third-order valence-corrected chi connectivity index (χ3v) is 5.49. The summed E-state index contributed by atoms with van der Waals surface area (Å²) in [7, 11) is 0. The van der Waals surface area contributed by atoms with Crippen molar-refractivity contribution in [2.24, 2.45) is 0 Å². The van der Waals surface area contributed by atoms with Crippen molar-refractivity contribution in [3.63, 3.8) is 0 Å². The molecule has 1 aromatic heterocycles. The van der Waals surface area contributed by atoms with Crippen molar-refractivity contribution in [1.29, 1.82) is 0 Å². The van der Waals surface area contributed by atoms with Crippen LogP contribution in [0, 0.1) is 6.92 Å². The molecule has 3 rings (SSSR count). The van der Waals surface area contributed by atoms with Crippen molar-refractivity contribution in [2.45, 2.75) is 13.3 Å². The second-order valence-electron chi connectivity index (χ2n) is 6.62. The molecule has 0 aliphatic carbocycles. The van der Waals surface area contributed by atoms with E-state index in [1.807, 2.05) is 47.5 Å². The Kier molecular flexibility index (Phi) is 6.41. The molecular formula is C20H25N3O2S. The van der Waals surface area contributed by atoms with Gasteiger partial charge >= 0.3 is 0 Å². The zero-order valence-corrected chi connectivity index (χ0v) is 15.9. The topological polar surface area (TPSA) is 52.7 Å². The number of aryl methyl sites for hydroxylation is 1. The number of hydrogen-bond donors (Lipinski definition) is 1.